The van der Waals surface area contributed by atoms with E-state index in [1.165, 1.54) is 0 Å². The number of nitrogens with one attached hydrogen (secondary N) is 3. The van der Waals surface area contributed by atoms with Crippen LogP contribution < -0.4 is 15.4 Å². The summed E-state index contributed by atoms with van der Waals surface area (Å²) in [6.45, 7) is 7.62. The molecule has 0 aliphatic heterocycles. The summed E-state index contributed by atoms with van der Waals surface area (Å²) < 4.78 is 35.3. The Kier molecular flexibility index (Phi) is 18.2. The van der Waals surface area contributed by atoms with Crippen LogP contribution in [0.25, 0.3) is 0 Å². The van der Waals surface area contributed by atoms with Crippen LogP contribution in [-0.2, 0) is 19.5 Å². The summed E-state index contributed by atoms with van der Waals surface area (Å²) in [6.07, 6.45) is 0.822. The predicted molar refractivity (Wildman–Crippen MR) is 104 cm³/mol. The molecule has 0 saturated carbocycles. The Morgan fingerprint density at radius 2 is 1.83 bits per heavy atom. The van der Waals surface area contributed by atoms with Crippen LogP contribution in [0.15, 0.2) is 4.99 Å². The fourth-order valence-electron chi connectivity index (χ4n) is 1.43. The van der Waals surface area contributed by atoms with E-state index in [1.54, 1.807) is 14.0 Å². The molecule has 0 atom stereocenters. The lowest BCUT2D eigenvalue weighted by molar-refractivity contribution is 0.0702. The van der Waals surface area contributed by atoms with Crippen LogP contribution >= 0.6 is 24.0 Å². The van der Waals surface area contributed by atoms with Crippen molar-refractivity contribution in [2.75, 3.05) is 58.9 Å². The first kappa shape index (κ1) is 25.1. The summed E-state index contributed by atoms with van der Waals surface area (Å²) in [4.78, 5) is 4.39. The van der Waals surface area contributed by atoms with E-state index in [1.807, 2.05) is 6.92 Å². The Morgan fingerprint density at radius 1 is 1.09 bits per heavy atom. The fourth-order valence-corrected chi connectivity index (χ4v) is 2.05. The summed E-state index contributed by atoms with van der Waals surface area (Å²) >= 11 is 0. The number of sulfonamides is 1. The second-order valence-corrected chi connectivity index (χ2v) is 6.54. The summed E-state index contributed by atoms with van der Waals surface area (Å²) in [6, 6.07) is 0. The third kappa shape index (κ3) is 16.5. The molecule has 0 aliphatic carbocycles. The highest BCUT2D eigenvalue weighted by atomic mass is 127. The van der Waals surface area contributed by atoms with Crippen molar-refractivity contribution in [3.63, 3.8) is 0 Å². The zero-order valence-electron chi connectivity index (χ0n) is 14.3. The van der Waals surface area contributed by atoms with Gasteiger partial charge in [0.1, 0.15) is 0 Å². The lowest BCUT2D eigenvalue weighted by Crippen LogP contribution is -2.41. The number of hydrogen-bond acceptors (Lipinski definition) is 5. The maximum absolute atomic E-state index is 11.3. The average Bonchev–Trinajstić information content (AvgIpc) is 2.50. The summed E-state index contributed by atoms with van der Waals surface area (Å²) in [5.41, 5.74) is 0. The Balaban J connectivity index is 0. The number of hydrogen-bond donors (Lipinski definition) is 3. The molecule has 8 nitrogen and oxygen atoms in total. The number of halogens is 1. The molecule has 0 bridgehead atoms. The number of guanidine groups is 1. The van der Waals surface area contributed by atoms with Gasteiger partial charge in [-0.05, 0) is 20.3 Å². The molecule has 3 N–H and O–H groups in total. The van der Waals surface area contributed by atoms with Gasteiger partial charge in [-0.15, -0.1) is 24.0 Å². The van der Waals surface area contributed by atoms with Crippen LogP contribution in [0.5, 0.6) is 0 Å². The summed E-state index contributed by atoms with van der Waals surface area (Å²) in [5, 5.41) is 6.19. The van der Waals surface area contributed by atoms with E-state index in [-0.39, 0.29) is 29.7 Å². The van der Waals surface area contributed by atoms with Gasteiger partial charge in [-0.25, -0.2) is 13.1 Å². The molecule has 0 saturated heterocycles. The highest BCUT2D eigenvalue weighted by Crippen LogP contribution is 1.86. The van der Waals surface area contributed by atoms with Crippen molar-refractivity contribution in [3.05, 3.63) is 0 Å². The van der Waals surface area contributed by atoms with Gasteiger partial charge in [0.25, 0.3) is 0 Å². The van der Waals surface area contributed by atoms with Crippen LogP contribution in [-0.4, -0.2) is 73.2 Å². The Morgan fingerprint density at radius 3 is 2.43 bits per heavy atom. The number of ether oxygens (including phenoxy) is 2. The Bertz CT molecular complexity index is 393. The molecule has 0 aliphatic rings. The smallest absolute Gasteiger partial charge is 0.211 e. The van der Waals surface area contributed by atoms with E-state index in [0.717, 1.165) is 13.0 Å². The number of rotatable bonds is 13. The molecule has 0 amide bonds. The van der Waals surface area contributed by atoms with Gasteiger partial charge >= 0.3 is 0 Å². The maximum atomic E-state index is 11.3. The van der Waals surface area contributed by atoms with Gasteiger partial charge in [0.05, 0.1) is 19.0 Å². The van der Waals surface area contributed by atoms with Crippen LogP contribution in [0.4, 0.5) is 0 Å². The molecule has 0 spiro atoms. The lowest BCUT2D eigenvalue weighted by atomic mass is 10.4. The fraction of sp³-hybridized carbons (Fsp3) is 0.923. The molecule has 23 heavy (non-hydrogen) atoms. The topological polar surface area (TPSA) is 101 Å². The third-order valence-corrected chi connectivity index (χ3v) is 4.02. The molecule has 140 valence electrons. The molecule has 0 unspecified atom stereocenters. The quantitative estimate of drug-likeness (QED) is 0.155. The largest absolute Gasteiger partial charge is 0.382 e. The zero-order valence-corrected chi connectivity index (χ0v) is 17.4. The molecule has 0 heterocycles. The average molecular weight is 466 g/mol. The second kappa shape index (κ2) is 16.7. The van der Waals surface area contributed by atoms with Crippen LogP contribution in [0.2, 0.25) is 0 Å². The molecule has 0 radical (unpaired) electrons. The normalized spacial score (nSPS) is 11.9. The van der Waals surface area contributed by atoms with E-state index >= 15 is 0 Å². The van der Waals surface area contributed by atoms with Crippen molar-refractivity contribution in [1.82, 2.24) is 15.4 Å². The summed E-state index contributed by atoms with van der Waals surface area (Å²) in [5.74, 6) is 0.764. The summed E-state index contributed by atoms with van der Waals surface area (Å²) in [7, 11) is -1.50. The lowest BCUT2D eigenvalue weighted by Gasteiger charge is -2.11. The van der Waals surface area contributed by atoms with Crippen molar-refractivity contribution < 1.29 is 17.9 Å². The standard InChI is InChI=1S/C13H30N4O4S.HI/c1-4-14-13(15-7-6-10-21-12-11-20-3)16-8-9-17-22(18,19)5-2;/h17H,4-12H2,1-3H3,(H2,14,15,16);1H. The Labute approximate surface area is 157 Å². The first-order valence-electron chi connectivity index (χ1n) is 7.62. The molecule has 10 heteroatoms. The minimum atomic E-state index is -3.14. The van der Waals surface area contributed by atoms with E-state index in [0.29, 0.717) is 45.4 Å². The highest BCUT2D eigenvalue weighted by molar-refractivity contribution is 14.0. The zero-order chi connectivity index (χ0) is 16.7. The van der Waals surface area contributed by atoms with Crippen molar-refractivity contribution in [2.24, 2.45) is 4.99 Å². The van der Waals surface area contributed by atoms with Crippen molar-refractivity contribution in [3.8, 4) is 0 Å². The molecule has 0 aromatic carbocycles. The van der Waals surface area contributed by atoms with Gasteiger partial charge in [-0.1, -0.05) is 0 Å². The molecule has 0 rings (SSSR count). The van der Waals surface area contributed by atoms with Gasteiger partial charge in [0.15, 0.2) is 5.96 Å². The minimum absolute atomic E-state index is 0. The first-order chi connectivity index (χ1) is 10.6. The van der Waals surface area contributed by atoms with Gasteiger partial charge in [-0.3, -0.25) is 4.99 Å². The molecule has 0 aromatic rings. The molecule has 0 fully saturated rings. The molecule has 0 aromatic heterocycles. The van der Waals surface area contributed by atoms with Crippen molar-refractivity contribution in [1.29, 1.82) is 0 Å². The van der Waals surface area contributed by atoms with Gasteiger partial charge in [0.2, 0.25) is 10.0 Å². The van der Waals surface area contributed by atoms with E-state index < -0.39 is 10.0 Å². The number of nitrogens with zero attached hydrogens (tertiary/aromatic N) is 1. The van der Waals surface area contributed by atoms with E-state index in [2.05, 4.69) is 20.3 Å². The maximum Gasteiger partial charge on any atom is 0.211 e. The van der Waals surface area contributed by atoms with Crippen LogP contribution in [0, 0.1) is 0 Å². The first-order valence-corrected chi connectivity index (χ1v) is 9.27. The van der Waals surface area contributed by atoms with Gasteiger partial charge < -0.3 is 20.1 Å². The highest BCUT2D eigenvalue weighted by Gasteiger charge is 2.04. The van der Waals surface area contributed by atoms with E-state index in [9.17, 15) is 8.42 Å². The third-order valence-electron chi connectivity index (χ3n) is 2.61. The van der Waals surface area contributed by atoms with Gasteiger partial charge in [0, 0.05) is 39.9 Å². The van der Waals surface area contributed by atoms with Crippen LogP contribution in [0.3, 0.4) is 0 Å². The Hall–Kier alpha value is -0.170. The van der Waals surface area contributed by atoms with Crippen molar-refractivity contribution in [2.45, 2.75) is 20.3 Å². The van der Waals surface area contributed by atoms with Gasteiger partial charge in [-0.2, -0.15) is 0 Å². The van der Waals surface area contributed by atoms with E-state index in [4.69, 9.17) is 9.47 Å². The monoisotopic (exact) mass is 466 g/mol. The minimum Gasteiger partial charge on any atom is -0.382 e. The predicted octanol–water partition coefficient (Wildman–Crippen LogP) is 0.152. The molecular weight excluding hydrogens is 435 g/mol. The number of methoxy groups -OCH3 is 1. The molecular formula is C13H31IN4O4S. The van der Waals surface area contributed by atoms with Crippen molar-refractivity contribution >= 4 is 40.0 Å². The number of aliphatic imine (C=N–C) groups is 1. The SMILES string of the molecule is CCNC(=NCCCOCCOC)NCCNS(=O)(=O)CC.I. The van der Waals surface area contributed by atoms with Crippen LogP contribution in [0.1, 0.15) is 20.3 Å². The second-order valence-electron chi connectivity index (χ2n) is 4.44.